The maximum atomic E-state index is 11.3. The average Bonchev–Trinajstić information content (AvgIpc) is 2.19. The van der Waals surface area contributed by atoms with Crippen LogP contribution in [0, 0.1) is 0 Å². The number of hydrogen-bond acceptors (Lipinski definition) is 4. The SMILES string of the molecule is COCCCCS(=O)(=O)NCCCC(=O)O. The van der Waals surface area contributed by atoms with Crippen molar-refractivity contribution >= 4 is 16.0 Å². The number of hydrogen-bond donors (Lipinski definition) is 2. The summed E-state index contributed by atoms with van der Waals surface area (Å²) in [5.74, 6) is -0.858. The number of nitrogens with one attached hydrogen (secondary N) is 1. The van der Waals surface area contributed by atoms with Crippen molar-refractivity contribution in [3.05, 3.63) is 0 Å². The van der Waals surface area contributed by atoms with Crippen LogP contribution in [0.3, 0.4) is 0 Å². The number of carboxylic acids is 1. The van der Waals surface area contributed by atoms with E-state index in [1.54, 1.807) is 7.11 Å². The van der Waals surface area contributed by atoms with Crippen molar-refractivity contribution in [3.8, 4) is 0 Å². The predicted molar refractivity (Wildman–Crippen MR) is 59.8 cm³/mol. The first-order chi connectivity index (χ1) is 7.48. The highest BCUT2D eigenvalue weighted by Gasteiger charge is 2.08. The summed E-state index contributed by atoms with van der Waals surface area (Å²) >= 11 is 0. The van der Waals surface area contributed by atoms with Crippen LogP contribution in [0.15, 0.2) is 0 Å². The Morgan fingerprint density at radius 3 is 2.56 bits per heavy atom. The molecule has 7 heteroatoms. The molecule has 0 amide bonds. The van der Waals surface area contributed by atoms with E-state index in [-0.39, 0.29) is 18.7 Å². The fourth-order valence-electron chi connectivity index (χ4n) is 1.08. The molecule has 0 radical (unpaired) electrons. The summed E-state index contributed by atoms with van der Waals surface area (Å²) in [6, 6.07) is 0. The van der Waals surface area contributed by atoms with Crippen molar-refractivity contribution in [2.75, 3.05) is 26.0 Å². The van der Waals surface area contributed by atoms with Crippen LogP contribution in [0.1, 0.15) is 25.7 Å². The monoisotopic (exact) mass is 253 g/mol. The third-order valence-electron chi connectivity index (χ3n) is 1.90. The van der Waals surface area contributed by atoms with E-state index in [0.717, 1.165) is 0 Å². The van der Waals surface area contributed by atoms with E-state index in [1.165, 1.54) is 0 Å². The molecule has 0 bridgehead atoms. The number of carboxylic acid groups (broad SMARTS) is 1. The number of unbranched alkanes of at least 4 members (excludes halogenated alkanes) is 1. The maximum absolute atomic E-state index is 11.3. The van der Waals surface area contributed by atoms with E-state index < -0.39 is 16.0 Å². The van der Waals surface area contributed by atoms with Gasteiger partial charge in [-0.05, 0) is 19.3 Å². The van der Waals surface area contributed by atoms with Crippen molar-refractivity contribution in [1.82, 2.24) is 4.72 Å². The minimum absolute atomic E-state index is 0.0216. The minimum atomic E-state index is -3.26. The molecule has 0 aliphatic carbocycles. The fraction of sp³-hybridized carbons (Fsp3) is 0.889. The summed E-state index contributed by atoms with van der Waals surface area (Å²) in [6.07, 6.45) is 1.54. The van der Waals surface area contributed by atoms with E-state index in [2.05, 4.69) is 4.72 Å². The molecule has 0 aliphatic rings. The largest absolute Gasteiger partial charge is 0.481 e. The molecule has 2 N–H and O–H groups in total. The van der Waals surface area contributed by atoms with E-state index in [4.69, 9.17) is 9.84 Å². The Morgan fingerprint density at radius 2 is 2.00 bits per heavy atom. The van der Waals surface area contributed by atoms with Crippen LogP contribution in [0.2, 0.25) is 0 Å². The van der Waals surface area contributed by atoms with Gasteiger partial charge in [0.15, 0.2) is 0 Å². The normalized spacial score (nSPS) is 11.6. The van der Waals surface area contributed by atoms with E-state index in [0.29, 0.717) is 25.9 Å². The van der Waals surface area contributed by atoms with Gasteiger partial charge < -0.3 is 9.84 Å². The average molecular weight is 253 g/mol. The molecule has 0 aromatic rings. The van der Waals surface area contributed by atoms with Crippen LogP contribution >= 0.6 is 0 Å². The van der Waals surface area contributed by atoms with Gasteiger partial charge in [0, 0.05) is 26.7 Å². The molecule has 0 fully saturated rings. The molecule has 0 rings (SSSR count). The molecule has 0 saturated heterocycles. The highest BCUT2D eigenvalue weighted by Crippen LogP contribution is 1.96. The number of rotatable bonds is 10. The van der Waals surface area contributed by atoms with Gasteiger partial charge in [0.1, 0.15) is 0 Å². The van der Waals surface area contributed by atoms with Crippen LogP contribution < -0.4 is 4.72 Å². The Labute approximate surface area is 96.0 Å². The van der Waals surface area contributed by atoms with Crippen molar-refractivity contribution in [1.29, 1.82) is 0 Å². The lowest BCUT2D eigenvalue weighted by atomic mass is 10.3. The number of sulfonamides is 1. The fourth-order valence-corrected chi connectivity index (χ4v) is 2.26. The zero-order valence-corrected chi connectivity index (χ0v) is 10.3. The number of aliphatic carboxylic acids is 1. The summed E-state index contributed by atoms with van der Waals surface area (Å²) < 4.78 is 29.8. The summed E-state index contributed by atoms with van der Waals surface area (Å²) in [5.41, 5.74) is 0. The second kappa shape index (κ2) is 8.49. The lowest BCUT2D eigenvalue weighted by Gasteiger charge is -2.05. The quantitative estimate of drug-likeness (QED) is 0.542. The third kappa shape index (κ3) is 9.88. The third-order valence-corrected chi connectivity index (χ3v) is 3.37. The Bertz CT molecular complexity index is 288. The highest BCUT2D eigenvalue weighted by molar-refractivity contribution is 7.89. The number of ether oxygens (including phenoxy) is 1. The molecule has 6 nitrogen and oxygen atoms in total. The molecule has 0 unspecified atom stereocenters. The Hall–Kier alpha value is -0.660. The Kier molecular flexibility index (Phi) is 8.14. The van der Waals surface area contributed by atoms with Crippen LogP contribution in [-0.2, 0) is 19.6 Å². The van der Waals surface area contributed by atoms with Crippen molar-refractivity contribution in [3.63, 3.8) is 0 Å². The first-order valence-corrected chi connectivity index (χ1v) is 6.81. The van der Waals surface area contributed by atoms with Gasteiger partial charge in [-0.3, -0.25) is 4.79 Å². The van der Waals surface area contributed by atoms with Gasteiger partial charge in [0.05, 0.1) is 5.75 Å². The zero-order chi connectivity index (χ0) is 12.4. The summed E-state index contributed by atoms with van der Waals surface area (Å²) in [5, 5.41) is 8.35. The molecule has 0 aliphatic heterocycles. The van der Waals surface area contributed by atoms with Crippen molar-refractivity contribution in [2.45, 2.75) is 25.7 Å². The molecule has 0 saturated carbocycles. The molecule has 0 spiro atoms. The summed E-state index contributed by atoms with van der Waals surface area (Å²) in [7, 11) is -1.69. The van der Waals surface area contributed by atoms with Gasteiger partial charge in [-0.25, -0.2) is 13.1 Å². The second-order valence-electron chi connectivity index (χ2n) is 3.41. The molecule has 0 heterocycles. The zero-order valence-electron chi connectivity index (χ0n) is 9.44. The number of carbonyl (C=O) groups is 1. The maximum Gasteiger partial charge on any atom is 0.303 e. The smallest absolute Gasteiger partial charge is 0.303 e. The molecule has 0 aromatic heterocycles. The van der Waals surface area contributed by atoms with Crippen LogP contribution in [-0.4, -0.2) is 45.5 Å². The summed E-state index contributed by atoms with van der Waals surface area (Å²) in [6.45, 7) is 0.730. The standard InChI is InChI=1S/C9H19NO5S/c1-15-7-2-3-8-16(13,14)10-6-4-5-9(11)12/h10H,2-8H2,1H3,(H,11,12). The number of methoxy groups -OCH3 is 1. The molecule has 16 heavy (non-hydrogen) atoms. The van der Waals surface area contributed by atoms with Crippen LogP contribution in [0.5, 0.6) is 0 Å². The predicted octanol–water partition coefficient (Wildman–Crippen LogP) is 0.197. The van der Waals surface area contributed by atoms with Gasteiger partial charge in [0.2, 0.25) is 10.0 Å². The first kappa shape index (κ1) is 15.3. The van der Waals surface area contributed by atoms with Crippen LogP contribution in [0.25, 0.3) is 0 Å². The molecule has 0 atom stereocenters. The van der Waals surface area contributed by atoms with E-state index in [9.17, 15) is 13.2 Å². The lowest BCUT2D eigenvalue weighted by molar-refractivity contribution is -0.137. The minimum Gasteiger partial charge on any atom is -0.481 e. The van der Waals surface area contributed by atoms with Crippen molar-refractivity contribution in [2.24, 2.45) is 0 Å². The topological polar surface area (TPSA) is 92.7 Å². The molecule has 0 aromatic carbocycles. The Morgan fingerprint density at radius 1 is 1.31 bits per heavy atom. The molecular formula is C9H19NO5S. The van der Waals surface area contributed by atoms with Crippen LogP contribution in [0.4, 0.5) is 0 Å². The van der Waals surface area contributed by atoms with Gasteiger partial charge in [-0.1, -0.05) is 0 Å². The molecular weight excluding hydrogens is 234 g/mol. The summed E-state index contributed by atoms with van der Waals surface area (Å²) in [4.78, 5) is 10.2. The van der Waals surface area contributed by atoms with Gasteiger partial charge >= 0.3 is 5.97 Å². The lowest BCUT2D eigenvalue weighted by Crippen LogP contribution is -2.27. The highest BCUT2D eigenvalue weighted by atomic mass is 32.2. The van der Waals surface area contributed by atoms with Gasteiger partial charge in [0.25, 0.3) is 0 Å². The van der Waals surface area contributed by atoms with Gasteiger partial charge in [-0.15, -0.1) is 0 Å². The van der Waals surface area contributed by atoms with E-state index >= 15 is 0 Å². The van der Waals surface area contributed by atoms with Crippen molar-refractivity contribution < 1.29 is 23.1 Å². The van der Waals surface area contributed by atoms with Gasteiger partial charge in [-0.2, -0.15) is 0 Å². The molecule has 96 valence electrons. The Balaban J connectivity index is 3.58. The first-order valence-electron chi connectivity index (χ1n) is 5.16. The second-order valence-corrected chi connectivity index (χ2v) is 5.34. The van der Waals surface area contributed by atoms with E-state index in [1.807, 2.05) is 0 Å².